The number of nitrogens with one attached hydrogen (secondary N) is 1. The molecule has 0 aliphatic heterocycles. The van der Waals surface area contributed by atoms with Gasteiger partial charge in [0.1, 0.15) is 5.75 Å². The molecule has 1 amide bonds. The second-order valence-electron chi connectivity index (χ2n) is 6.30. The van der Waals surface area contributed by atoms with E-state index in [2.05, 4.69) is 12.2 Å². The number of carbonyl (C=O) groups excluding carboxylic acids is 1. The van der Waals surface area contributed by atoms with E-state index in [9.17, 15) is 4.79 Å². The topological polar surface area (TPSA) is 64.3 Å². The number of nitrogen functional groups attached to an aromatic ring is 1. The first-order valence-corrected chi connectivity index (χ1v) is 8.38. The van der Waals surface area contributed by atoms with E-state index in [1.165, 1.54) is 32.1 Å². The molecule has 0 radical (unpaired) electrons. The summed E-state index contributed by atoms with van der Waals surface area (Å²) in [4.78, 5) is 12.4. The number of ether oxygens (including phenoxy) is 1. The summed E-state index contributed by atoms with van der Waals surface area (Å²) in [5, 5.41) is 2.97. The summed E-state index contributed by atoms with van der Waals surface area (Å²) in [6, 6.07) is 5.35. The average molecular weight is 304 g/mol. The Kier molecular flexibility index (Phi) is 6.10. The Labute approximate surface area is 133 Å². The van der Waals surface area contributed by atoms with E-state index in [0.29, 0.717) is 17.1 Å². The molecule has 0 saturated heterocycles. The first-order valence-electron chi connectivity index (χ1n) is 8.38. The van der Waals surface area contributed by atoms with Crippen LogP contribution >= 0.6 is 0 Å². The highest BCUT2D eigenvalue weighted by Gasteiger charge is 2.26. The van der Waals surface area contributed by atoms with Crippen LogP contribution in [0.25, 0.3) is 0 Å². The molecule has 0 heterocycles. The van der Waals surface area contributed by atoms with Gasteiger partial charge in [0.05, 0.1) is 18.5 Å². The van der Waals surface area contributed by atoms with Gasteiger partial charge in [0.15, 0.2) is 0 Å². The Bertz CT molecular complexity index is 494. The number of hydrogen-bond acceptors (Lipinski definition) is 3. The number of amides is 1. The predicted molar refractivity (Wildman–Crippen MR) is 91.0 cm³/mol. The molecular weight excluding hydrogens is 276 g/mol. The van der Waals surface area contributed by atoms with Gasteiger partial charge in [0.2, 0.25) is 5.91 Å². The molecule has 1 aromatic carbocycles. The predicted octanol–water partition coefficient (Wildman–Crippen LogP) is 4.21. The summed E-state index contributed by atoms with van der Waals surface area (Å²) in [5.41, 5.74) is 7.18. The van der Waals surface area contributed by atoms with Crippen LogP contribution in [0.15, 0.2) is 18.2 Å². The van der Waals surface area contributed by atoms with Crippen molar-refractivity contribution in [2.24, 2.45) is 11.8 Å². The van der Waals surface area contributed by atoms with E-state index < -0.39 is 0 Å². The Morgan fingerprint density at radius 1 is 1.32 bits per heavy atom. The van der Waals surface area contributed by atoms with Crippen LogP contribution in [0.3, 0.4) is 0 Å². The first kappa shape index (κ1) is 16.7. The number of anilines is 2. The van der Waals surface area contributed by atoms with E-state index in [1.54, 1.807) is 19.2 Å². The van der Waals surface area contributed by atoms with E-state index >= 15 is 0 Å². The summed E-state index contributed by atoms with van der Waals surface area (Å²) in [5.74, 6) is 1.74. The molecule has 1 aromatic rings. The van der Waals surface area contributed by atoms with E-state index in [-0.39, 0.29) is 11.8 Å². The maximum absolute atomic E-state index is 12.4. The maximum Gasteiger partial charge on any atom is 0.227 e. The van der Waals surface area contributed by atoms with Gasteiger partial charge in [-0.1, -0.05) is 26.2 Å². The molecule has 4 nitrogen and oxygen atoms in total. The van der Waals surface area contributed by atoms with E-state index in [4.69, 9.17) is 10.5 Å². The summed E-state index contributed by atoms with van der Waals surface area (Å²) < 4.78 is 5.12. The van der Waals surface area contributed by atoms with Gasteiger partial charge in [-0.2, -0.15) is 0 Å². The summed E-state index contributed by atoms with van der Waals surface area (Å²) in [6.45, 7) is 2.23. The van der Waals surface area contributed by atoms with Crippen LogP contribution in [-0.4, -0.2) is 13.0 Å². The molecule has 0 aromatic heterocycles. The SMILES string of the molecule is CCCCC1CCC(C(=O)Nc2ccc(OC)cc2N)CC1. The number of hydrogen-bond donors (Lipinski definition) is 2. The molecule has 0 spiro atoms. The highest BCUT2D eigenvalue weighted by molar-refractivity contribution is 5.95. The molecule has 1 aliphatic carbocycles. The second-order valence-corrected chi connectivity index (χ2v) is 6.30. The fourth-order valence-electron chi connectivity index (χ4n) is 3.22. The minimum atomic E-state index is 0.103. The lowest BCUT2D eigenvalue weighted by atomic mass is 9.79. The average Bonchev–Trinajstić information content (AvgIpc) is 2.55. The molecule has 2 rings (SSSR count). The van der Waals surface area contributed by atoms with Crippen LogP contribution in [0.1, 0.15) is 51.9 Å². The fourth-order valence-corrected chi connectivity index (χ4v) is 3.22. The Balaban J connectivity index is 1.86. The van der Waals surface area contributed by atoms with Crippen LogP contribution in [0.2, 0.25) is 0 Å². The van der Waals surface area contributed by atoms with Crippen molar-refractivity contribution in [1.82, 2.24) is 0 Å². The molecular formula is C18H28N2O2. The number of nitrogens with two attached hydrogens (primary N) is 1. The highest BCUT2D eigenvalue weighted by Crippen LogP contribution is 2.33. The van der Waals surface area contributed by atoms with Crippen molar-refractivity contribution >= 4 is 17.3 Å². The number of benzene rings is 1. The molecule has 0 bridgehead atoms. The van der Waals surface area contributed by atoms with Gasteiger partial charge in [-0.3, -0.25) is 4.79 Å². The second kappa shape index (κ2) is 8.06. The van der Waals surface area contributed by atoms with Crippen LogP contribution < -0.4 is 15.8 Å². The van der Waals surface area contributed by atoms with Gasteiger partial charge in [0, 0.05) is 12.0 Å². The van der Waals surface area contributed by atoms with Crippen LogP contribution in [0.4, 0.5) is 11.4 Å². The van der Waals surface area contributed by atoms with Crippen molar-refractivity contribution in [2.75, 3.05) is 18.2 Å². The molecule has 1 fully saturated rings. The van der Waals surface area contributed by atoms with Gasteiger partial charge in [-0.15, -0.1) is 0 Å². The van der Waals surface area contributed by atoms with Crippen LogP contribution in [-0.2, 0) is 4.79 Å². The minimum absolute atomic E-state index is 0.103. The zero-order valence-electron chi connectivity index (χ0n) is 13.7. The van der Waals surface area contributed by atoms with Crippen molar-refractivity contribution in [3.05, 3.63) is 18.2 Å². The van der Waals surface area contributed by atoms with Crippen LogP contribution in [0.5, 0.6) is 5.75 Å². The molecule has 1 aliphatic rings. The lowest BCUT2D eigenvalue weighted by Gasteiger charge is -2.27. The van der Waals surface area contributed by atoms with Gasteiger partial charge in [-0.05, 0) is 43.7 Å². The number of rotatable bonds is 6. The Hall–Kier alpha value is -1.71. The lowest BCUT2D eigenvalue weighted by Crippen LogP contribution is -2.27. The third-order valence-electron chi connectivity index (χ3n) is 4.70. The monoisotopic (exact) mass is 304 g/mol. The molecule has 22 heavy (non-hydrogen) atoms. The van der Waals surface area contributed by atoms with Crippen molar-refractivity contribution in [3.63, 3.8) is 0 Å². The van der Waals surface area contributed by atoms with E-state index in [0.717, 1.165) is 18.8 Å². The Morgan fingerprint density at radius 2 is 2.05 bits per heavy atom. The van der Waals surface area contributed by atoms with Crippen molar-refractivity contribution in [1.29, 1.82) is 0 Å². The Morgan fingerprint density at radius 3 is 2.64 bits per heavy atom. The largest absolute Gasteiger partial charge is 0.497 e. The van der Waals surface area contributed by atoms with E-state index in [1.807, 2.05) is 6.07 Å². The quantitative estimate of drug-likeness (QED) is 0.774. The number of unbranched alkanes of at least 4 members (excludes halogenated alkanes) is 1. The van der Waals surface area contributed by atoms with Crippen molar-refractivity contribution in [2.45, 2.75) is 51.9 Å². The third kappa shape index (κ3) is 4.39. The highest BCUT2D eigenvalue weighted by atomic mass is 16.5. The third-order valence-corrected chi connectivity index (χ3v) is 4.70. The molecule has 4 heteroatoms. The van der Waals surface area contributed by atoms with Crippen LogP contribution in [0, 0.1) is 11.8 Å². The molecule has 0 atom stereocenters. The smallest absolute Gasteiger partial charge is 0.227 e. The molecule has 1 saturated carbocycles. The number of methoxy groups -OCH3 is 1. The standard InChI is InChI=1S/C18H28N2O2/c1-3-4-5-13-6-8-14(9-7-13)18(21)20-17-11-10-15(22-2)12-16(17)19/h10-14H,3-9,19H2,1-2H3,(H,20,21). The fraction of sp³-hybridized carbons (Fsp3) is 0.611. The van der Waals surface area contributed by atoms with Gasteiger partial charge in [0.25, 0.3) is 0 Å². The van der Waals surface area contributed by atoms with Gasteiger partial charge >= 0.3 is 0 Å². The minimum Gasteiger partial charge on any atom is -0.497 e. The number of carbonyl (C=O) groups is 1. The normalized spacial score (nSPS) is 21.4. The maximum atomic E-state index is 12.4. The zero-order valence-corrected chi connectivity index (χ0v) is 13.7. The zero-order chi connectivity index (χ0) is 15.9. The van der Waals surface area contributed by atoms with Crippen molar-refractivity contribution in [3.8, 4) is 5.75 Å². The van der Waals surface area contributed by atoms with Crippen molar-refractivity contribution < 1.29 is 9.53 Å². The van der Waals surface area contributed by atoms with Gasteiger partial charge in [-0.25, -0.2) is 0 Å². The first-order chi connectivity index (χ1) is 10.6. The lowest BCUT2D eigenvalue weighted by molar-refractivity contribution is -0.121. The summed E-state index contributed by atoms with van der Waals surface area (Å²) in [7, 11) is 1.60. The van der Waals surface area contributed by atoms with Gasteiger partial charge < -0.3 is 15.8 Å². The molecule has 3 N–H and O–H groups in total. The molecule has 0 unspecified atom stereocenters. The molecule has 122 valence electrons. The summed E-state index contributed by atoms with van der Waals surface area (Å²) in [6.07, 6.45) is 8.23. The summed E-state index contributed by atoms with van der Waals surface area (Å²) >= 11 is 0.